The van der Waals surface area contributed by atoms with Gasteiger partial charge in [0.15, 0.2) is 5.13 Å². The molecule has 0 atom stereocenters. The van der Waals surface area contributed by atoms with E-state index >= 15 is 0 Å². The highest BCUT2D eigenvalue weighted by atomic mass is 32.1. The van der Waals surface area contributed by atoms with Crippen molar-refractivity contribution in [2.24, 2.45) is 0 Å². The van der Waals surface area contributed by atoms with E-state index in [4.69, 9.17) is 4.74 Å². The molecule has 0 fully saturated rings. The van der Waals surface area contributed by atoms with E-state index in [1.165, 1.54) is 11.3 Å². The number of para-hydroxylation sites is 2. The lowest BCUT2D eigenvalue weighted by Gasteiger charge is -2.20. The van der Waals surface area contributed by atoms with E-state index < -0.39 is 11.8 Å². The number of ether oxygens (including phenoxy) is 1. The van der Waals surface area contributed by atoms with Crippen LogP contribution in [0.5, 0.6) is 5.75 Å². The maximum Gasteiger partial charge on any atom is 0.315 e. The maximum atomic E-state index is 12.2. The Labute approximate surface area is 150 Å². The van der Waals surface area contributed by atoms with Gasteiger partial charge in [-0.25, -0.2) is 4.98 Å². The van der Waals surface area contributed by atoms with Crippen LogP contribution in [0.25, 0.3) is 0 Å². The van der Waals surface area contributed by atoms with Crippen molar-refractivity contribution in [3.63, 3.8) is 0 Å². The van der Waals surface area contributed by atoms with Crippen LogP contribution in [0.3, 0.4) is 0 Å². The second-order valence-electron chi connectivity index (χ2n) is 5.71. The Hall–Kier alpha value is -2.45. The van der Waals surface area contributed by atoms with Crippen molar-refractivity contribution in [3.05, 3.63) is 34.8 Å². The molecule has 7 nitrogen and oxygen atoms in total. The summed E-state index contributed by atoms with van der Waals surface area (Å²) in [6.45, 7) is 4.08. The fourth-order valence-corrected chi connectivity index (χ4v) is 3.64. The molecular formula is C17H20N4O3S. The van der Waals surface area contributed by atoms with E-state index in [0.717, 1.165) is 30.1 Å². The molecule has 1 aliphatic rings. The number of aromatic nitrogens is 1. The van der Waals surface area contributed by atoms with Gasteiger partial charge in [-0.05, 0) is 26.1 Å². The Morgan fingerprint density at radius 2 is 2.04 bits per heavy atom. The molecule has 0 bridgehead atoms. The first-order valence-corrected chi connectivity index (χ1v) is 8.89. The summed E-state index contributed by atoms with van der Waals surface area (Å²) >= 11 is 1.41. The Morgan fingerprint density at radius 1 is 1.28 bits per heavy atom. The van der Waals surface area contributed by atoms with E-state index in [0.29, 0.717) is 23.2 Å². The first-order valence-electron chi connectivity index (χ1n) is 8.08. The van der Waals surface area contributed by atoms with Gasteiger partial charge in [-0.2, -0.15) is 0 Å². The fourth-order valence-electron chi connectivity index (χ4n) is 2.56. The SMILES string of the molecule is CCOc1ccccc1NC(=O)C(=O)Nc1nc2c(s1)CN(C)CC2. The smallest absolute Gasteiger partial charge is 0.315 e. The number of carbonyl (C=O) groups excluding carboxylic acids is 2. The third-order valence-corrected chi connectivity index (χ3v) is 4.78. The molecule has 2 N–H and O–H groups in total. The van der Waals surface area contributed by atoms with Crippen molar-refractivity contribution >= 4 is 34.0 Å². The number of nitrogens with zero attached hydrogens (tertiary/aromatic N) is 2. The van der Waals surface area contributed by atoms with Gasteiger partial charge in [0.1, 0.15) is 5.75 Å². The first kappa shape index (κ1) is 17.4. The lowest BCUT2D eigenvalue weighted by Crippen LogP contribution is -2.29. The van der Waals surface area contributed by atoms with Gasteiger partial charge in [0.2, 0.25) is 0 Å². The molecule has 25 heavy (non-hydrogen) atoms. The maximum absolute atomic E-state index is 12.2. The number of amides is 2. The molecular weight excluding hydrogens is 340 g/mol. The standard InChI is InChI=1S/C17H20N4O3S/c1-3-24-13-7-5-4-6-11(13)18-15(22)16(23)20-17-19-12-8-9-21(2)10-14(12)25-17/h4-7H,3,8-10H2,1-2H3,(H,18,22)(H,19,20,23). The summed E-state index contributed by atoms with van der Waals surface area (Å²) in [6.07, 6.45) is 0.853. The zero-order valence-electron chi connectivity index (χ0n) is 14.2. The Morgan fingerprint density at radius 3 is 2.84 bits per heavy atom. The monoisotopic (exact) mass is 360 g/mol. The molecule has 1 aromatic carbocycles. The third kappa shape index (κ3) is 4.15. The minimum Gasteiger partial charge on any atom is -0.492 e. The van der Waals surface area contributed by atoms with Crippen LogP contribution in [-0.4, -0.2) is 41.9 Å². The Kier molecular flexibility index (Phi) is 5.30. The number of likely N-dealkylation sites (N-methyl/N-ethyl adjacent to an activating group) is 1. The van der Waals surface area contributed by atoms with Crippen LogP contribution in [-0.2, 0) is 22.6 Å². The van der Waals surface area contributed by atoms with Gasteiger partial charge >= 0.3 is 11.8 Å². The molecule has 132 valence electrons. The zero-order valence-corrected chi connectivity index (χ0v) is 15.0. The minimum atomic E-state index is -0.752. The topological polar surface area (TPSA) is 83.6 Å². The average Bonchev–Trinajstić information content (AvgIpc) is 2.98. The highest BCUT2D eigenvalue weighted by Crippen LogP contribution is 2.28. The molecule has 3 rings (SSSR count). The van der Waals surface area contributed by atoms with Crippen LogP contribution in [0, 0.1) is 0 Å². The van der Waals surface area contributed by atoms with Gasteiger partial charge in [0.25, 0.3) is 0 Å². The molecule has 2 aromatic rings. The van der Waals surface area contributed by atoms with Crippen LogP contribution in [0.15, 0.2) is 24.3 Å². The zero-order chi connectivity index (χ0) is 17.8. The number of hydrogen-bond acceptors (Lipinski definition) is 6. The lowest BCUT2D eigenvalue weighted by molar-refractivity contribution is -0.133. The highest BCUT2D eigenvalue weighted by Gasteiger charge is 2.21. The van der Waals surface area contributed by atoms with Gasteiger partial charge in [0, 0.05) is 24.4 Å². The Bertz CT molecular complexity index is 790. The summed E-state index contributed by atoms with van der Waals surface area (Å²) in [6, 6.07) is 7.00. The van der Waals surface area contributed by atoms with Gasteiger partial charge in [-0.1, -0.05) is 12.1 Å². The first-order chi connectivity index (χ1) is 12.1. The van der Waals surface area contributed by atoms with E-state index in [-0.39, 0.29) is 0 Å². The second-order valence-corrected chi connectivity index (χ2v) is 6.80. The lowest BCUT2D eigenvalue weighted by atomic mass is 10.2. The number of thiazole rings is 1. The predicted molar refractivity (Wildman–Crippen MR) is 97.0 cm³/mol. The molecule has 0 unspecified atom stereocenters. The van der Waals surface area contributed by atoms with E-state index in [9.17, 15) is 9.59 Å². The number of carbonyl (C=O) groups is 2. The van der Waals surface area contributed by atoms with E-state index in [2.05, 4.69) is 20.5 Å². The number of fused-ring (bicyclic) bond motifs is 1. The van der Waals surface area contributed by atoms with Crippen LogP contribution in [0.1, 0.15) is 17.5 Å². The number of anilines is 2. The van der Waals surface area contributed by atoms with Crippen LogP contribution in [0.2, 0.25) is 0 Å². The average molecular weight is 360 g/mol. The summed E-state index contributed by atoms with van der Waals surface area (Å²) in [4.78, 5) is 32.1. The molecule has 0 aliphatic carbocycles. The summed E-state index contributed by atoms with van der Waals surface area (Å²) in [5.41, 5.74) is 1.46. The molecule has 0 saturated heterocycles. The second kappa shape index (κ2) is 7.62. The molecule has 2 heterocycles. The summed E-state index contributed by atoms with van der Waals surface area (Å²) in [7, 11) is 2.05. The van der Waals surface area contributed by atoms with Gasteiger partial charge in [0.05, 0.1) is 18.0 Å². The van der Waals surface area contributed by atoms with Gasteiger partial charge < -0.3 is 15.0 Å². The molecule has 0 spiro atoms. The molecule has 8 heteroatoms. The van der Waals surface area contributed by atoms with E-state index in [1.807, 2.05) is 14.0 Å². The third-order valence-electron chi connectivity index (χ3n) is 3.78. The number of nitrogens with one attached hydrogen (secondary N) is 2. The van der Waals surface area contributed by atoms with Crippen molar-refractivity contribution in [3.8, 4) is 5.75 Å². The van der Waals surface area contributed by atoms with Crippen molar-refractivity contribution in [2.45, 2.75) is 19.9 Å². The van der Waals surface area contributed by atoms with E-state index in [1.54, 1.807) is 24.3 Å². The molecule has 0 saturated carbocycles. The van der Waals surface area contributed by atoms with Crippen molar-refractivity contribution in [1.29, 1.82) is 0 Å². The van der Waals surface area contributed by atoms with Gasteiger partial charge in [-0.3, -0.25) is 14.9 Å². The summed E-state index contributed by atoms with van der Waals surface area (Å²) in [5.74, 6) is -0.970. The summed E-state index contributed by atoms with van der Waals surface area (Å²) < 4.78 is 5.44. The molecule has 1 aliphatic heterocycles. The van der Waals surface area contributed by atoms with Gasteiger partial charge in [-0.15, -0.1) is 11.3 Å². The molecule has 0 radical (unpaired) electrons. The fraction of sp³-hybridized carbons (Fsp3) is 0.353. The number of benzene rings is 1. The van der Waals surface area contributed by atoms with Crippen molar-refractivity contribution in [2.75, 3.05) is 30.8 Å². The molecule has 1 aromatic heterocycles. The van der Waals surface area contributed by atoms with Crippen LogP contribution < -0.4 is 15.4 Å². The number of hydrogen-bond donors (Lipinski definition) is 2. The highest BCUT2D eigenvalue weighted by molar-refractivity contribution is 7.16. The van der Waals surface area contributed by atoms with Crippen LogP contribution >= 0.6 is 11.3 Å². The van der Waals surface area contributed by atoms with Crippen LogP contribution in [0.4, 0.5) is 10.8 Å². The molecule has 2 amide bonds. The van der Waals surface area contributed by atoms with Crippen molar-refractivity contribution < 1.29 is 14.3 Å². The minimum absolute atomic E-state index is 0.457. The predicted octanol–water partition coefficient (Wildman–Crippen LogP) is 2.11. The number of rotatable bonds is 4. The quantitative estimate of drug-likeness (QED) is 0.816. The van der Waals surface area contributed by atoms with Crippen molar-refractivity contribution in [1.82, 2.24) is 9.88 Å². The Balaban J connectivity index is 1.65. The largest absolute Gasteiger partial charge is 0.492 e. The normalized spacial score (nSPS) is 13.8. The summed E-state index contributed by atoms with van der Waals surface area (Å²) in [5, 5.41) is 5.62.